The summed E-state index contributed by atoms with van der Waals surface area (Å²) in [6.45, 7) is 0.555. The van der Waals surface area contributed by atoms with Gasteiger partial charge in [0.2, 0.25) is 0 Å². The Bertz CT molecular complexity index is 600. The predicted octanol–water partition coefficient (Wildman–Crippen LogP) is 3.84. The van der Waals surface area contributed by atoms with E-state index in [2.05, 4.69) is 36.4 Å². The Labute approximate surface area is 113 Å². The minimum Gasteiger partial charge on any atom is -0.493 e. The Morgan fingerprint density at radius 2 is 1.89 bits per heavy atom. The lowest BCUT2D eigenvalue weighted by atomic mass is 10.1. The van der Waals surface area contributed by atoms with E-state index in [-0.39, 0.29) is 0 Å². The molecule has 0 spiro atoms. The van der Waals surface area contributed by atoms with Crippen molar-refractivity contribution in [2.75, 3.05) is 7.11 Å². The molecule has 0 unspecified atom stereocenters. The zero-order valence-electron chi connectivity index (χ0n) is 10.9. The Hall–Kier alpha value is -2.22. The van der Waals surface area contributed by atoms with Crippen LogP contribution in [0.2, 0.25) is 0 Å². The molecule has 1 aliphatic carbocycles. The number of allylic oxidation sites excluding steroid dienone is 1. The van der Waals surface area contributed by atoms with Crippen LogP contribution >= 0.6 is 0 Å². The largest absolute Gasteiger partial charge is 0.493 e. The minimum atomic E-state index is 0.555. The van der Waals surface area contributed by atoms with Crippen LogP contribution in [-0.2, 0) is 13.0 Å². The van der Waals surface area contributed by atoms with Crippen molar-refractivity contribution in [1.82, 2.24) is 0 Å². The first-order valence-corrected chi connectivity index (χ1v) is 6.41. The Morgan fingerprint density at radius 3 is 2.68 bits per heavy atom. The third-order valence-electron chi connectivity index (χ3n) is 3.30. The maximum atomic E-state index is 5.88. The summed E-state index contributed by atoms with van der Waals surface area (Å²) in [5, 5.41) is 0. The molecule has 0 aliphatic heterocycles. The van der Waals surface area contributed by atoms with Gasteiger partial charge in [0.15, 0.2) is 11.5 Å². The summed E-state index contributed by atoms with van der Waals surface area (Å²) in [7, 11) is 1.68. The maximum absolute atomic E-state index is 5.88. The fourth-order valence-corrected chi connectivity index (χ4v) is 2.27. The molecule has 3 rings (SSSR count). The molecule has 2 nitrogen and oxygen atoms in total. The van der Waals surface area contributed by atoms with Gasteiger partial charge in [0.25, 0.3) is 0 Å². The second-order valence-corrected chi connectivity index (χ2v) is 4.58. The summed E-state index contributed by atoms with van der Waals surface area (Å²) in [4.78, 5) is 0. The van der Waals surface area contributed by atoms with Gasteiger partial charge in [-0.1, -0.05) is 42.5 Å². The number of methoxy groups -OCH3 is 1. The van der Waals surface area contributed by atoms with E-state index >= 15 is 0 Å². The molecular formula is C17H16O2. The van der Waals surface area contributed by atoms with Crippen molar-refractivity contribution >= 4 is 6.08 Å². The van der Waals surface area contributed by atoms with Gasteiger partial charge in [-0.25, -0.2) is 0 Å². The SMILES string of the molecule is COc1cc2c(cc1OCc1ccccc1)C=CC2. The molecule has 1 aliphatic rings. The van der Waals surface area contributed by atoms with Crippen LogP contribution in [-0.4, -0.2) is 7.11 Å². The highest BCUT2D eigenvalue weighted by molar-refractivity contribution is 5.64. The van der Waals surface area contributed by atoms with Crippen LogP contribution in [0.3, 0.4) is 0 Å². The summed E-state index contributed by atoms with van der Waals surface area (Å²) in [6.07, 6.45) is 5.26. The molecule has 0 amide bonds. The van der Waals surface area contributed by atoms with Crippen LogP contribution in [0, 0.1) is 0 Å². The van der Waals surface area contributed by atoms with Crippen molar-refractivity contribution in [1.29, 1.82) is 0 Å². The van der Waals surface area contributed by atoms with Crippen LogP contribution in [0.4, 0.5) is 0 Å². The zero-order valence-corrected chi connectivity index (χ0v) is 10.9. The molecule has 0 radical (unpaired) electrons. The van der Waals surface area contributed by atoms with Crippen molar-refractivity contribution in [3.05, 3.63) is 65.2 Å². The van der Waals surface area contributed by atoms with Gasteiger partial charge in [-0.05, 0) is 35.2 Å². The summed E-state index contributed by atoms with van der Waals surface area (Å²) in [5.41, 5.74) is 3.67. The van der Waals surface area contributed by atoms with Crippen LogP contribution in [0.5, 0.6) is 11.5 Å². The second kappa shape index (κ2) is 5.19. The summed E-state index contributed by atoms with van der Waals surface area (Å²) in [5.74, 6) is 1.61. The monoisotopic (exact) mass is 252 g/mol. The highest BCUT2D eigenvalue weighted by Crippen LogP contribution is 2.34. The number of ether oxygens (including phenoxy) is 2. The quantitative estimate of drug-likeness (QED) is 0.823. The zero-order chi connectivity index (χ0) is 13.1. The normalized spacial score (nSPS) is 12.3. The third-order valence-corrected chi connectivity index (χ3v) is 3.30. The molecule has 0 heterocycles. The molecule has 0 saturated heterocycles. The Kier molecular flexibility index (Phi) is 3.23. The van der Waals surface area contributed by atoms with Gasteiger partial charge in [0.05, 0.1) is 7.11 Å². The van der Waals surface area contributed by atoms with Gasteiger partial charge < -0.3 is 9.47 Å². The molecule has 0 N–H and O–H groups in total. The van der Waals surface area contributed by atoms with E-state index in [9.17, 15) is 0 Å². The van der Waals surface area contributed by atoms with Gasteiger partial charge in [-0.2, -0.15) is 0 Å². The molecule has 96 valence electrons. The number of benzene rings is 2. The van der Waals surface area contributed by atoms with Gasteiger partial charge in [0, 0.05) is 0 Å². The maximum Gasteiger partial charge on any atom is 0.162 e. The van der Waals surface area contributed by atoms with E-state index < -0.39 is 0 Å². The van der Waals surface area contributed by atoms with Crippen molar-refractivity contribution in [3.8, 4) is 11.5 Å². The summed E-state index contributed by atoms with van der Waals surface area (Å²) in [6, 6.07) is 14.3. The van der Waals surface area contributed by atoms with Gasteiger partial charge >= 0.3 is 0 Å². The number of hydrogen-bond donors (Lipinski definition) is 0. The molecule has 2 aromatic rings. The molecule has 2 heteroatoms. The topological polar surface area (TPSA) is 18.5 Å². The molecule has 0 aromatic heterocycles. The van der Waals surface area contributed by atoms with E-state index in [1.54, 1.807) is 7.11 Å². The molecule has 0 saturated carbocycles. The fraction of sp³-hybridized carbons (Fsp3) is 0.176. The van der Waals surface area contributed by atoms with Crippen molar-refractivity contribution in [3.63, 3.8) is 0 Å². The highest BCUT2D eigenvalue weighted by Gasteiger charge is 2.12. The number of fused-ring (bicyclic) bond motifs is 1. The summed E-state index contributed by atoms with van der Waals surface area (Å²) >= 11 is 0. The first kappa shape index (κ1) is 11.8. The third kappa shape index (κ3) is 2.48. The van der Waals surface area contributed by atoms with Crippen LogP contribution in [0.1, 0.15) is 16.7 Å². The van der Waals surface area contributed by atoms with Crippen LogP contribution in [0.15, 0.2) is 48.5 Å². The van der Waals surface area contributed by atoms with Crippen molar-refractivity contribution in [2.45, 2.75) is 13.0 Å². The number of rotatable bonds is 4. The lowest BCUT2D eigenvalue weighted by Crippen LogP contribution is -1.98. The second-order valence-electron chi connectivity index (χ2n) is 4.58. The van der Waals surface area contributed by atoms with E-state index in [1.165, 1.54) is 11.1 Å². The van der Waals surface area contributed by atoms with Gasteiger partial charge in [-0.3, -0.25) is 0 Å². The average molecular weight is 252 g/mol. The Balaban J connectivity index is 1.82. The molecule has 0 fully saturated rings. The average Bonchev–Trinajstić information content (AvgIpc) is 2.92. The lowest BCUT2D eigenvalue weighted by Gasteiger charge is -2.13. The first-order chi connectivity index (χ1) is 9.36. The predicted molar refractivity (Wildman–Crippen MR) is 76.5 cm³/mol. The molecule has 19 heavy (non-hydrogen) atoms. The standard InChI is InChI=1S/C17H16O2/c1-18-16-10-14-8-5-9-15(14)11-17(16)19-12-13-6-3-2-4-7-13/h2-7,9-11H,8,12H2,1H3. The van der Waals surface area contributed by atoms with Crippen LogP contribution in [0.25, 0.3) is 6.08 Å². The number of hydrogen-bond acceptors (Lipinski definition) is 2. The van der Waals surface area contributed by atoms with E-state index in [1.807, 2.05) is 18.2 Å². The molecular weight excluding hydrogens is 236 g/mol. The van der Waals surface area contributed by atoms with E-state index in [0.717, 1.165) is 23.5 Å². The molecule has 0 atom stereocenters. The minimum absolute atomic E-state index is 0.555. The van der Waals surface area contributed by atoms with E-state index in [4.69, 9.17) is 9.47 Å². The Morgan fingerprint density at radius 1 is 1.05 bits per heavy atom. The van der Waals surface area contributed by atoms with Crippen LogP contribution < -0.4 is 9.47 Å². The molecule has 0 bridgehead atoms. The van der Waals surface area contributed by atoms with Crippen molar-refractivity contribution < 1.29 is 9.47 Å². The van der Waals surface area contributed by atoms with E-state index in [0.29, 0.717) is 6.61 Å². The van der Waals surface area contributed by atoms with Crippen molar-refractivity contribution in [2.24, 2.45) is 0 Å². The fourth-order valence-electron chi connectivity index (χ4n) is 2.27. The first-order valence-electron chi connectivity index (χ1n) is 6.41. The van der Waals surface area contributed by atoms with Gasteiger partial charge in [0.1, 0.15) is 6.61 Å². The summed E-state index contributed by atoms with van der Waals surface area (Å²) < 4.78 is 11.3. The lowest BCUT2D eigenvalue weighted by molar-refractivity contribution is 0.284. The molecule has 2 aromatic carbocycles. The smallest absolute Gasteiger partial charge is 0.162 e. The highest BCUT2D eigenvalue weighted by atomic mass is 16.5. The van der Waals surface area contributed by atoms with Gasteiger partial charge in [-0.15, -0.1) is 0 Å².